The van der Waals surface area contributed by atoms with Gasteiger partial charge in [0.15, 0.2) is 5.78 Å². The first kappa shape index (κ1) is 21.6. The number of ether oxygens (including phenoxy) is 2. The van der Waals surface area contributed by atoms with Crippen LogP contribution in [0.25, 0.3) is 12.2 Å². The van der Waals surface area contributed by atoms with Crippen molar-refractivity contribution in [3.05, 3.63) is 70.8 Å². The van der Waals surface area contributed by atoms with Gasteiger partial charge in [-0.25, -0.2) is 0 Å². The number of likely N-dealkylation sites (N-methyl/N-ethyl adjacent to an activating group) is 1. The lowest BCUT2D eigenvalue weighted by Gasteiger charge is -2.26. The predicted molar refractivity (Wildman–Crippen MR) is 105 cm³/mol. The summed E-state index contributed by atoms with van der Waals surface area (Å²) in [4.78, 5) is 14.9. The molecule has 1 aliphatic rings. The van der Waals surface area contributed by atoms with Gasteiger partial charge in [0.25, 0.3) is 0 Å². The Morgan fingerprint density at radius 1 is 0.767 bits per heavy atom. The number of ketones is 1. The summed E-state index contributed by atoms with van der Waals surface area (Å²) in [6.07, 6.45) is 3.41. The molecular weight excluding hydrogens is 402 g/mol. The molecule has 0 aromatic heterocycles. The highest BCUT2D eigenvalue weighted by Crippen LogP contribution is 2.23. The van der Waals surface area contributed by atoms with E-state index in [9.17, 15) is 22.4 Å². The van der Waals surface area contributed by atoms with Gasteiger partial charge in [-0.05, 0) is 54.6 Å². The van der Waals surface area contributed by atoms with Gasteiger partial charge in [-0.3, -0.25) is 9.69 Å². The Hall–Kier alpha value is -3.13. The molecule has 0 radical (unpaired) electrons. The van der Waals surface area contributed by atoms with Crippen LogP contribution in [0.1, 0.15) is 11.1 Å². The number of carbonyl (C=O) groups is 1. The zero-order valence-corrected chi connectivity index (χ0v) is 16.0. The zero-order chi connectivity index (χ0) is 21.7. The number of benzene rings is 2. The molecule has 0 aliphatic carbocycles. The maximum atomic E-state index is 12.9. The third-order valence-corrected chi connectivity index (χ3v) is 4.36. The number of carbonyl (C=O) groups excluding carboxylic acids is 1. The van der Waals surface area contributed by atoms with Crippen molar-refractivity contribution < 1.29 is 31.8 Å². The molecule has 3 rings (SSSR count). The van der Waals surface area contributed by atoms with E-state index < -0.39 is 13.2 Å². The van der Waals surface area contributed by atoms with Gasteiger partial charge in [0.05, 0.1) is 0 Å². The van der Waals surface area contributed by atoms with E-state index in [1.165, 1.54) is 24.3 Å². The van der Waals surface area contributed by atoms with Crippen LogP contribution in [-0.4, -0.2) is 44.0 Å². The van der Waals surface area contributed by atoms with E-state index >= 15 is 0 Å². The number of hydrogen-bond acceptors (Lipinski definition) is 4. The Balaban J connectivity index is 1.79. The van der Waals surface area contributed by atoms with Crippen LogP contribution >= 0.6 is 0 Å². The second-order valence-corrected chi connectivity index (χ2v) is 6.74. The van der Waals surface area contributed by atoms with Crippen molar-refractivity contribution in [2.75, 3.05) is 20.1 Å². The molecule has 1 heterocycles. The van der Waals surface area contributed by atoms with Gasteiger partial charge in [0.2, 0.25) is 0 Å². The standard InChI is InChI=1S/C22H19F4NO3/c1-27-12-16(10-14-2-6-18(7-3-14)29-21(23)24)20(28)17(13-27)11-15-4-8-19(9-5-15)30-22(25)26/h2-11,21-22H,12-13H2,1H3. The van der Waals surface area contributed by atoms with Crippen molar-refractivity contribution in [1.82, 2.24) is 4.90 Å². The molecule has 1 aliphatic heterocycles. The molecule has 4 nitrogen and oxygen atoms in total. The largest absolute Gasteiger partial charge is 0.435 e. The van der Waals surface area contributed by atoms with Crippen molar-refractivity contribution in [1.29, 1.82) is 0 Å². The maximum Gasteiger partial charge on any atom is 0.387 e. The number of piperidine rings is 1. The third kappa shape index (κ3) is 5.93. The monoisotopic (exact) mass is 421 g/mol. The van der Waals surface area contributed by atoms with Crippen LogP contribution in [-0.2, 0) is 4.79 Å². The smallest absolute Gasteiger partial charge is 0.387 e. The summed E-state index contributed by atoms with van der Waals surface area (Å²) < 4.78 is 57.7. The molecule has 0 atom stereocenters. The number of hydrogen-bond donors (Lipinski definition) is 0. The molecule has 0 N–H and O–H groups in total. The van der Waals surface area contributed by atoms with Gasteiger partial charge in [-0.2, -0.15) is 17.6 Å². The molecule has 8 heteroatoms. The molecule has 0 unspecified atom stereocenters. The van der Waals surface area contributed by atoms with Crippen LogP contribution in [0.5, 0.6) is 11.5 Å². The van der Waals surface area contributed by atoms with E-state index in [2.05, 4.69) is 9.47 Å². The van der Waals surface area contributed by atoms with Crippen molar-refractivity contribution in [2.45, 2.75) is 13.2 Å². The second-order valence-electron chi connectivity index (χ2n) is 6.74. The summed E-state index contributed by atoms with van der Waals surface area (Å²) in [6.45, 7) is -4.92. The van der Waals surface area contributed by atoms with Crippen LogP contribution in [0.4, 0.5) is 17.6 Å². The summed E-state index contributed by atoms with van der Waals surface area (Å²) in [5.41, 5.74) is 2.47. The molecule has 0 amide bonds. The number of alkyl halides is 4. The average molecular weight is 421 g/mol. The third-order valence-electron chi connectivity index (χ3n) is 4.36. The second kappa shape index (κ2) is 9.58. The molecule has 2 aromatic carbocycles. The molecule has 158 valence electrons. The Labute approximate surface area is 171 Å². The number of nitrogens with zero attached hydrogens (tertiary/aromatic N) is 1. The van der Waals surface area contributed by atoms with Crippen molar-refractivity contribution >= 4 is 17.9 Å². The minimum Gasteiger partial charge on any atom is -0.435 e. The van der Waals surface area contributed by atoms with Crippen molar-refractivity contribution in [3.63, 3.8) is 0 Å². The van der Waals surface area contributed by atoms with Gasteiger partial charge in [0, 0.05) is 24.2 Å². The molecule has 0 spiro atoms. The molecule has 1 fully saturated rings. The summed E-state index contributed by atoms with van der Waals surface area (Å²) in [5, 5.41) is 0. The van der Waals surface area contributed by atoms with Crippen LogP contribution < -0.4 is 9.47 Å². The maximum absolute atomic E-state index is 12.9. The van der Waals surface area contributed by atoms with E-state index in [1.807, 2.05) is 11.9 Å². The first-order chi connectivity index (χ1) is 14.3. The lowest BCUT2D eigenvalue weighted by molar-refractivity contribution is -0.113. The van der Waals surface area contributed by atoms with E-state index in [0.717, 1.165) is 0 Å². The predicted octanol–water partition coefficient (Wildman–Crippen LogP) is 4.87. The zero-order valence-electron chi connectivity index (χ0n) is 16.0. The van der Waals surface area contributed by atoms with Gasteiger partial charge in [-0.15, -0.1) is 0 Å². The lowest BCUT2D eigenvalue weighted by atomic mass is 9.94. The Morgan fingerprint density at radius 2 is 1.13 bits per heavy atom. The van der Waals surface area contributed by atoms with Gasteiger partial charge >= 0.3 is 13.2 Å². The minimum absolute atomic E-state index is 0.0408. The molecular formula is C22H19F4NO3. The van der Waals surface area contributed by atoms with E-state index in [4.69, 9.17) is 0 Å². The van der Waals surface area contributed by atoms with E-state index in [-0.39, 0.29) is 17.3 Å². The molecule has 1 saturated heterocycles. The summed E-state index contributed by atoms with van der Waals surface area (Å²) in [6, 6.07) is 12.0. The highest BCUT2D eigenvalue weighted by atomic mass is 19.3. The Morgan fingerprint density at radius 3 is 1.47 bits per heavy atom. The SMILES string of the molecule is CN1CC(=Cc2ccc(OC(F)F)cc2)C(=O)C(=Cc2ccc(OC(F)F)cc2)C1. The lowest BCUT2D eigenvalue weighted by Crippen LogP contribution is -2.34. The van der Waals surface area contributed by atoms with Gasteiger partial charge in [0.1, 0.15) is 11.5 Å². The molecule has 0 bridgehead atoms. The summed E-state index contributed by atoms with van der Waals surface area (Å²) >= 11 is 0. The number of rotatable bonds is 6. The highest BCUT2D eigenvalue weighted by molar-refractivity contribution is 6.14. The van der Waals surface area contributed by atoms with Gasteiger partial charge < -0.3 is 9.47 Å². The topological polar surface area (TPSA) is 38.8 Å². The average Bonchev–Trinajstić information content (AvgIpc) is 2.67. The Kier molecular flexibility index (Phi) is 6.89. The fraction of sp³-hybridized carbons (Fsp3) is 0.227. The van der Waals surface area contributed by atoms with Crippen LogP contribution in [0.15, 0.2) is 59.7 Å². The first-order valence-corrected chi connectivity index (χ1v) is 9.04. The fourth-order valence-electron chi connectivity index (χ4n) is 3.10. The quantitative estimate of drug-likeness (QED) is 0.493. The molecule has 2 aromatic rings. The van der Waals surface area contributed by atoms with Crippen LogP contribution in [0.2, 0.25) is 0 Å². The molecule has 0 saturated carbocycles. The molecule has 30 heavy (non-hydrogen) atoms. The first-order valence-electron chi connectivity index (χ1n) is 9.04. The number of Topliss-reactive ketones (excluding diaryl/α,β-unsaturated/α-hetero) is 1. The number of halogens is 4. The van der Waals surface area contributed by atoms with Crippen molar-refractivity contribution in [2.24, 2.45) is 0 Å². The van der Waals surface area contributed by atoms with Crippen LogP contribution in [0.3, 0.4) is 0 Å². The normalized spacial score (nSPS) is 17.9. The van der Waals surface area contributed by atoms with E-state index in [1.54, 1.807) is 36.4 Å². The summed E-state index contributed by atoms with van der Waals surface area (Å²) in [7, 11) is 1.87. The van der Waals surface area contributed by atoms with Gasteiger partial charge in [-0.1, -0.05) is 24.3 Å². The van der Waals surface area contributed by atoms with E-state index in [0.29, 0.717) is 35.4 Å². The Bertz CT molecular complexity index is 862. The van der Waals surface area contributed by atoms with Crippen LogP contribution in [0, 0.1) is 0 Å². The fourth-order valence-corrected chi connectivity index (χ4v) is 3.10. The van der Waals surface area contributed by atoms with Crippen molar-refractivity contribution in [3.8, 4) is 11.5 Å². The minimum atomic E-state index is -2.90. The summed E-state index contributed by atoms with van der Waals surface area (Å²) in [5.74, 6) is -0.0490. The number of likely N-dealkylation sites (tertiary alicyclic amines) is 1. The highest BCUT2D eigenvalue weighted by Gasteiger charge is 2.24.